The Bertz CT molecular complexity index is 268. The van der Waals surface area contributed by atoms with Gasteiger partial charge in [-0.2, -0.15) is 0 Å². The van der Waals surface area contributed by atoms with Crippen LogP contribution in [-0.2, 0) is 16.6 Å². The SMILES string of the molecule is CCS(=O)Cc1ccc(F)cc1. The highest BCUT2D eigenvalue weighted by atomic mass is 32.2. The van der Waals surface area contributed by atoms with Crippen molar-refractivity contribution in [3.63, 3.8) is 0 Å². The first-order valence-electron chi connectivity index (χ1n) is 3.82. The van der Waals surface area contributed by atoms with E-state index in [9.17, 15) is 8.60 Å². The van der Waals surface area contributed by atoms with Crippen molar-refractivity contribution in [2.45, 2.75) is 12.7 Å². The molecule has 0 radical (unpaired) electrons. The Labute approximate surface area is 74.1 Å². The molecule has 0 fully saturated rings. The molecular weight excluding hydrogens is 175 g/mol. The van der Waals surface area contributed by atoms with Crippen LogP contribution in [0.2, 0.25) is 0 Å². The van der Waals surface area contributed by atoms with Crippen LogP contribution in [0.25, 0.3) is 0 Å². The third-order valence-corrected chi connectivity index (χ3v) is 2.86. The molecule has 0 aliphatic heterocycles. The van der Waals surface area contributed by atoms with Gasteiger partial charge in [0.05, 0.1) is 0 Å². The Kier molecular flexibility index (Phi) is 3.41. The fraction of sp³-hybridized carbons (Fsp3) is 0.333. The van der Waals surface area contributed by atoms with Crippen LogP contribution in [0, 0.1) is 5.82 Å². The summed E-state index contributed by atoms with van der Waals surface area (Å²) >= 11 is 0. The van der Waals surface area contributed by atoms with E-state index in [1.807, 2.05) is 6.92 Å². The zero-order chi connectivity index (χ0) is 8.97. The topological polar surface area (TPSA) is 17.1 Å². The van der Waals surface area contributed by atoms with Crippen molar-refractivity contribution >= 4 is 10.8 Å². The molecule has 12 heavy (non-hydrogen) atoms. The summed E-state index contributed by atoms with van der Waals surface area (Å²) in [5.41, 5.74) is 0.927. The highest BCUT2D eigenvalue weighted by Gasteiger charge is 1.98. The fourth-order valence-electron chi connectivity index (χ4n) is 0.869. The average molecular weight is 186 g/mol. The van der Waals surface area contributed by atoms with E-state index < -0.39 is 10.8 Å². The molecule has 1 rings (SSSR count). The van der Waals surface area contributed by atoms with E-state index in [4.69, 9.17) is 0 Å². The molecule has 66 valence electrons. The summed E-state index contributed by atoms with van der Waals surface area (Å²) in [6, 6.07) is 6.12. The van der Waals surface area contributed by atoms with Crippen LogP contribution < -0.4 is 0 Å². The van der Waals surface area contributed by atoms with Gasteiger partial charge in [-0.05, 0) is 17.7 Å². The third-order valence-electron chi connectivity index (χ3n) is 1.56. The van der Waals surface area contributed by atoms with Crippen LogP contribution in [0.1, 0.15) is 12.5 Å². The van der Waals surface area contributed by atoms with Gasteiger partial charge in [-0.25, -0.2) is 4.39 Å². The second kappa shape index (κ2) is 4.36. The molecule has 0 saturated carbocycles. The van der Waals surface area contributed by atoms with Gasteiger partial charge >= 0.3 is 0 Å². The van der Waals surface area contributed by atoms with E-state index in [0.29, 0.717) is 11.5 Å². The van der Waals surface area contributed by atoms with Crippen molar-refractivity contribution in [2.75, 3.05) is 5.75 Å². The Morgan fingerprint density at radius 2 is 1.92 bits per heavy atom. The maximum Gasteiger partial charge on any atom is 0.123 e. The maximum atomic E-state index is 12.4. The van der Waals surface area contributed by atoms with Gasteiger partial charge in [0, 0.05) is 22.3 Å². The molecule has 0 N–H and O–H groups in total. The van der Waals surface area contributed by atoms with Crippen LogP contribution >= 0.6 is 0 Å². The van der Waals surface area contributed by atoms with Gasteiger partial charge in [0.15, 0.2) is 0 Å². The highest BCUT2D eigenvalue weighted by Crippen LogP contribution is 2.05. The Morgan fingerprint density at radius 3 is 2.42 bits per heavy atom. The lowest BCUT2D eigenvalue weighted by Crippen LogP contribution is -1.97. The lowest BCUT2D eigenvalue weighted by Gasteiger charge is -1.98. The number of hydrogen-bond donors (Lipinski definition) is 0. The van der Waals surface area contributed by atoms with E-state index in [-0.39, 0.29) is 5.82 Å². The largest absolute Gasteiger partial charge is 0.259 e. The lowest BCUT2D eigenvalue weighted by atomic mass is 10.2. The predicted molar refractivity (Wildman–Crippen MR) is 48.8 cm³/mol. The number of halogens is 1. The summed E-state index contributed by atoms with van der Waals surface area (Å²) in [5.74, 6) is 0.926. The van der Waals surface area contributed by atoms with Crippen LogP contribution in [-0.4, -0.2) is 9.96 Å². The second-order valence-electron chi connectivity index (χ2n) is 2.50. The zero-order valence-corrected chi connectivity index (χ0v) is 7.73. The Balaban J connectivity index is 2.64. The summed E-state index contributed by atoms with van der Waals surface area (Å²) in [6.07, 6.45) is 0. The third kappa shape index (κ3) is 2.74. The van der Waals surface area contributed by atoms with Crippen LogP contribution in [0.15, 0.2) is 24.3 Å². The normalized spacial score (nSPS) is 12.8. The molecular formula is C9H11FOS. The van der Waals surface area contributed by atoms with E-state index in [1.165, 1.54) is 12.1 Å². The van der Waals surface area contributed by atoms with E-state index >= 15 is 0 Å². The van der Waals surface area contributed by atoms with Crippen LogP contribution in [0.4, 0.5) is 4.39 Å². The van der Waals surface area contributed by atoms with E-state index in [2.05, 4.69) is 0 Å². The molecule has 0 amide bonds. The quantitative estimate of drug-likeness (QED) is 0.706. The molecule has 0 saturated heterocycles. The summed E-state index contributed by atoms with van der Waals surface area (Å²) in [5, 5.41) is 0. The average Bonchev–Trinajstić information content (AvgIpc) is 2.09. The summed E-state index contributed by atoms with van der Waals surface area (Å²) in [6.45, 7) is 1.87. The standard InChI is InChI=1S/C9H11FOS/c1-2-12(11)7-8-3-5-9(10)6-4-8/h3-6H,2,7H2,1H3. The minimum Gasteiger partial charge on any atom is -0.259 e. The van der Waals surface area contributed by atoms with Crippen LogP contribution in [0.5, 0.6) is 0 Å². The number of hydrogen-bond acceptors (Lipinski definition) is 1. The van der Waals surface area contributed by atoms with Gasteiger partial charge in [-0.3, -0.25) is 4.21 Å². The molecule has 1 aromatic carbocycles. The van der Waals surface area contributed by atoms with Crippen molar-refractivity contribution in [3.8, 4) is 0 Å². The van der Waals surface area contributed by atoms with Crippen molar-refractivity contribution in [1.29, 1.82) is 0 Å². The smallest absolute Gasteiger partial charge is 0.123 e. The van der Waals surface area contributed by atoms with Crippen molar-refractivity contribution in [3.05, 3.63) is 35.6 Å². The number of rotatable bonds is 3. The minimum absolute atomic E-state index is 0.249. The molecule has 1 nitrogen and oxygen atoms in total. The second-order valence-corrected chi connectivity index (χ2v) is 4.24. The van der Waals surface area contributed by atoms with Crippen LogP contribution in [0.3, 0.4) is 0 Å². The molecule has 1 aromatic rings. The van der Waals surface area contributed by atoms with E-state index in [1.54, 1.807) is 12.1 Å². The molecule has 0 bridgehead atoms. The molecule has 0 heterocycles. The van der Waals surface area contributed by atoms with Gasteiger partial charge in [-0.15, -0.1) is 0 Å². The van der Waals surface area contributed by atoms with Crippen molar-refractivity contribution in [2.24, 2.45) is 0 Å². The number of benzene rings is 1. The first kappa shape index (κ1) is 9.39. The molecule has 0 aliphatic carbocycles. The molecule has 3 heteroatoms. The molecule has 0 spiro atoms. The lowest BCUT2D eigenvalue weighted by molar-refractivity contribution is 0.627. The first-order chi connectivity index (χ1) is 5.72. The summed E-state index contributed by atoms with van der Waals surface area (Å²) < 4.78 is 23.5. The zero-order valence-electron chi connectivity index (χ0n) is 6.92. The molecule has 0 aromatic heterocycles. The summed E-state index contributed by atoms with van der Waals surface area (Å²) in [7, 11) is -0.807. The molecule has 1 atom stereocenters. The fourth-order valence-corrected chi connectivity index (χ4v) is 1.64. The Hall–Kier alpha value is -0.700. The van der Waals surface area contributed by atoms with E-state index in [0.717, 1.165) is 5.56 Å². The molecule has 1 unspecified atom stereocenters. The molecule has 0 aliphatic rings. The van der Waals surface area contributed by atoms with Crippen molar-refractivity contribution in [1.82, 2.24) is 0 Å². The van der Waals surface area contributed by atoms with Gasteiger partial charge < -0.3 is 0 Å². The summed E-state index contributed by atoms with van der Waals surface area (Å²) in [4.78, 5) is 0. The van der Waals surface area contributed by atoms with Crippen molar-refractivity contribution < 1.29 is 8.60 Å². The van der Waals surface area contributed by atoms with Gasteiger partial charge in [0.25, 0.3) is 0 Å². The van der Waals surface area contributed by atoms with Gasteiger partial charge in [-0.1, -0.05) is 19.1 Å². The first-order valence-corrected chi connectivity index (χ1v) is 5.30. The predicted octanol–water partition coefficient (Wildman–Crippen LogP) is 2.09. The minimum atomic E-state index is -0.807. The maximum absolute atomic E-state index is 12.4. The Morgan fingerprint density at radius 1 is 1.33 bits per heavy atom. The monoisotopic (exact) mass is 186 g/mol. The highest BCUT2D eigenvalue weighted by molar-refractivity contribution is 7.84. The van der Waals surface area contributed by atoms with Gasteiger partial charge in [0.2, 0.25) is 0 Å². The van der Waals surface area contributed by atoms with Gasteiger partial charge in [0.1, 0.15) is 5.82 Å².